The van der Waals surface area contributed by atoms with Gasteiger partial charge in [-0.1, -0.05) is 12.1 Å². The number of anilines is 1. The van der Waals surface area contributed by atoms with Crippen molar-refractivity contribution in [2.24, 2.45) is 0 Å². The van der Waals surface area contributed by atoms with Gasteiger partial charge in [-0.2, -0.15) is 0 Å². The molecule has 5 aromatic rings. The molecule has 59 heavy (non-hydrogen) atoms. The van der Waals surface area contributed by atoms with E-state index in [0.717, 1.165) is 29.5 Å². The molecule has 0 radical (unpaired) electrons. The van der Waals surface area contributed by atoms with Gasteiger partial charge in [-0.25, -0.2) is 42.5 Å². The van der Waals surface area contributed by atoms with E-state index in [1.54, 1.807) is 0 Å². The molecule has 0 spiro atoms. The number of nitrogens with two attached hydrogens (primary N) is 1. The van der Waals surface area contributed by atoms with Gasteiger partial charge < -0.3 is 29.9 Å². The number of rotatable bonds is 7. The summed E-state index contributed by atoms with van der Waals surface area (Å²) in [5.74, 6) is -0.781. The molecular formula is C33H31F2N7O14P2S. The number of halogens is 2. The Hall–Kier alpha value is -4.87. The summed E-state index contributed by atoms with van der Waals surface area (Å²) >= 11 is 0.545. The predicted molar refractivity (Wildman–Crippen MR) is 199 cm³/mol. The third-order valence-electron chi connectivity index (χ3n) is 9.25. The average Bonchev–Trinajstić information content (AvgIpc) is 3.86. The third kappa shape index (κ3) is 8.59. The standard InChI is InChI=1S/C33H31F2N7O14P2S/c34-23-21-12-51-58(49,59-13-16-1-7-19(8-2-16)52-32(45)17-3-5-18(43)6-4-17)56-27-24(35)20(53-30(27)41-10-9-22(44)40-33(41)46)11-50-57(47,48)55-26(23)31(54-21)42-15-39-25-28(36)37-14-38-29(25)42/h1-10,14-15,20-21,23-24,26-27,30-31,43H,11-13H2,(H,47,48)(H2,36,37,38)(H,40,44,46)/t20-,21-,23-,24?,26-,27-,30-,31-,58-/m1/s1. The lowest BCUT2D eigenvalue weighted by molar-refractivity contribution is -0.0648. The maximum absolute atomic E-state index is 16.4. The van der Waals surface area contributed by atoms with E-state index in [1.165, 1.54) is 53.1 Å². The van der Waals surface area contributed by atoms with Crippen molar-refractivity contribution in [3.8, 4) is 11.5 Å². The second-order valence-electron chi connectivity index (χ2n) is 13.1. The fourth-order valence-electron chi connectivity index (χ4n) is 6.35. The number of phosphoric acid groups is 1. The molecule has 8 rings (SSSR count). The number of alkyl halides is 2. The molecular weight excluding hydrogens is 850 g/mol. The van der Waals surface area contributed by atoms with Gasteiger partial charge in [0.1, 0.15) is 47.8 Å². The molecule has 3 fully saturated rings. The minimum absolute atomic E-state index is 0.0337. The lowest BCUT2D eigenvalue weighted by Crippen LogP contribution is -2.38. The molecule has 3 aliphatic heterocycles. The summed E-state index contributed by atoms with van der Waals surface area (Å²) in [7, 11) is -5.27. The molecule has 4 bridgehead atoms. The number of phenols is 1. The largest absolute Gasteiger partial charge is 0.508 e. The number of imidazole rings is 1. The Labute approximate surface area is 333 Å². The molecule has 6 heterocycles. The zero-order valence-corrected chi connectivity index (χ0v) is 32.4. The molecule has 0 aliphatic carbocycles. The van der Waals surface area contributed by atoms with Crippen molar-refractivity contribution in [3.05, 3.63) is 105 Å². The van der Waals surface area contributed by atoms with E-state index < -0.39 is 94.3 Å². The van der Waals surface area contributed by atoms with Crippen molar-refractivity contribution in [1.29, 1.82) is 0 Å². The van der Waals surface area contributed by atoms with Gasteiger partial charge in [0, 0.05) is 18.0 Å². The second-order valence-corrected chi connectivity index (χ2v) is 18.6. The number of aromatic amines is 1. The lowest BCUT2D eigenvalue weighted by Gasteiger charge is -2.27. The summed E-state index contributed by atoms with van der Waals surface area (Å²) in [5, 5.41) is 9.49. The molecule has 2 unspecified atom stereocenters. The fraction of sp³-hybridized carbons (Fsp3) is 0.333. The van der Waals surface area contributed by atoms with Crippen LogP contribution in [0.25, 0.3) is 11.2 Å². The Morgan fingerprint density at radius 2 is 1.58 bits per heavy atom. The number of benzene rings is 2. The molecule has 3 saturated heterocycles. The number of fused-ring (bicyclic) bond motifs is 5. The number of carbonyl (C=O) groups excluding carboxylic acids is 1. The summed E-state index contributed by atoms with van der Waals surface area (Å²) in [6.45, 7) is -6.59. The summed E-state index contributed by atoms with van der Waals surface area (Å²) in [4.78, 5) is 62.1. The topological polar surface area (TPSA) is 281 Å². The van der Waals surface area contributed by atoms with Gasteiger partial charge in [-0.15, -0.1) is 0 Å². The number of nitrogens with zero attached hydrogens (tertiary/aromatic N) is 5. The van der Waals surface area contributed by atoms with Crippen molar-refractivity contribution < 1.29 is 65.0 Å². The number of nitrogen functional groups attached to an aromatic ring is 1. The predicted octanol–water partition coefficient (Wildman–Crippen LogP) is 3.31. The van der Waals surface area contributed by atoms with Crippen LogP contribution in [-0.4, -0.2) is 95.0 Å². The number of aromatic hydroxyl groups is 1. The normalized spacial score (nSPS) is 31.2. The van der Waals surface area contributed by atoms with Gasteiger partial charge in [0.2, 0.25) is 0 Å². The quantitative estimate of drug-likeness (QED) is 0.104. The van der Waals surface area contributed by atoms with Crippen LogP contribution in [0.5, 0.6) is 11.5 Å². The van der Waals surface area contributed by atoms with E-state index in [2.05, 4.69) is 15.0 Å². The van der Waals surface area contributed by atoms with Crippen molar-refractivity contribution >= 4 is 49.0 Å². The van der Waals surface area contributed by atoms with Gasteiger partial charge in [0.15, 0.2) is 36.3 Å². The van der Waals surface area contributed by atoms with Crippen LogP contribution in [-0.2, 0) is 42.5 Å². The molecule has 2 aromatic carbocycles. The Balaban J connectivity index is 1.09. The zero-order chi connectivity index (χ0) is 41.6. The number of hydrogen-bond acceptors (Lipinski definition) is 18. The highest BCUT2D eigenvalue weighted by atomic mass is 32.7. The van der Waals surface area contributed by atoms with Crippen LogP contribution in [0.3, 0.4) is 0 Å². The summed E-state index contributed by atoms with van der Waals surface area (Å²) in [5.41, 5.74) is 4.83. The van der Waals surface area contributed by atoms with Crippen LogP contribution >= 0.6 is 26.0 Å². The average molecular weight is 882 g/mol. The first kappa shape index (κ1) is 40.9. The van der Waals surface area contributed by atoms with Gasteiger partial charge in [0.05, 0.1) is 25.1 Å². The highest BCUT2D eigenvalue weighted by molar-refractivity contribution is 8.54. The third-order valence-corrected chi connectivity index (χ3v) is 13.9. The van der Waals surface area contributed by atoms with Crippen LogP contribution < -0.4 is 21.7 Å². The summed E-state index contributed by atoms with van der Waals surface area (Å²) in [6, 6.07) is 12.3. The maximum atomic E-state index is 16.4. The number of hydrogen-bond donors (Lipinski definition) is 4. The number of esters is 1. The smallest absolute Gasteiger partial charge is 0.472 e. The van der Waals surface area contributed by atoms with E-state index >= 15 is 8.78 Å². The number of phenolic OH excluding ortho intramolecular Hbond substituents is 1. The fourth-order valence-corrected chi connectivity index (χ4v) is 10.6. The van der Waals surface area contributed by atoms with Crippen molar-refractivity contribution in [3.63, 3.8) is 0 Å². The van der Waals surface area contributed by atoms with Crippen molar-refractivity contribution in [2.75, 3.05) is 18.9 Å². The number of aromatic nitrogens is 6. The number of H-pyrrole nitrogens is 1. The molecule has 3 aliphatic rings. The first-order chi connectivity index (χ1) is 28.2. The second kappa shape index (κ2) is 16.3. The van der Waals surface area contributed by atoms with Crippen LogP contribution in [0, 0.1) is 0 Å². The molecule has 26 heteroatoms. The molecule has 10 atom stereocenters. The molecule has 5 N–H and O–H groups in total. The van der Waals surface area contributed by atoms with Crippen LogP contribution in [0.1, 0.15) is 28.4 Å². The van der Waals surface area contributed by atoms with Gasteiger partial charge >= 0.3 is 26.3 Å². The number of nitrogens with one attached hydrogen (secondary N) is 1. The highest BCUT2D eigenvalue weighted by Crippen LogP contribution is 2.65. The van der Waals surface area contributed by atoms with Crippen LogP contribution in [0.15, 0.2) is 83.0 Å². The minimum Gasteiger partial charge on any atom is -0.508 e. The van der Waals surface area contributed by atoms with E-state index in [0.29, 0.717) is 16.9 Å². The first-order valence-electron chi connectivity index (χ1n) is 17.3. The Morgan fingerprint density at radius 3 is 2.27 bits per heavy atom. The lowest BCUT2D eigenvalue weighted by atomic mass is 10.1. The molecule has 312 valence electrons. The number of phosphoric ester groups is 1. The summed E-state index contributed by atoms with van der Waals surface area (Å²) < 4.78 is 102. The SMILES string of the molecule is Nc1ncnc2c1ncn2[C@@H]1O[C@@H]2CO[P@@](=O)(SCc3ccc(OC(=O)c4ccc(O)cc4)cc3)O[C@@H]3C(F)[C@@H](COP(=O)(O)O[C@@H]1[C@@H]2F)O[C@H]3n1ccc(=O)[nH]c1=O. The van der Waals surface area contributed by atoms with E-state index in [4.69, 9.17) is 38.0 Å². The van der Waals surface area contributed by atoms with Gasteiger partial charge in [-0.05, 0) is 53.3 Å². The minimum atomic E-state index is -5.27. The van der Waals surface area contributed by atoms with Crippen LogP contribution in [0.4, 0.5) is 14.6 Å². The zero-order valence-electron chi connectivity index (χ0n) is 29.8. The molecule has 0 saturated carbocycles. The number of carbonyl (C=O) groups is 1. The van der Waals surface area contributed by atoms with Crippen molar-refractivity contribution in [2.45, 2.75) is 55.0 Å². The first-order valence-corrected chi connectivity index (χ1v) is 22.0. The van der Waals surface area contributed by atoms with Gasteiger partial charge in [-0.3, -0.25) is 37.0 Å². The Bertz CT molecular complexity index is 2590. The molecule has 21 nitrogen and oxygen atoms in total. The van der Waals surface area contributed by atoms with Crippen LogP contribution in [0.2, 0.25) is 0 Å². The maximum Gasteiger partial charge on any atom is 0.472 e. The molecule has 3 aromatic heterocycles. The highest BCUT2D eigenvalue weighted by Gasteiger charge is 2.55. The Morgan fingerprint density at radius 1 is 0.915 bits per heavy atom. The summed E-state index contributed by atoms with van der Waals surface area (Å²) in [6.07, 6.45) is -12.0. The number of ether oxygens (including phenoxy) is 3. The van der Waals surface area contributed by atoms with E-state index in [9.17, 15) is 33.5 Å². The molecule has 0 amide bonds. The van der Waals surface area contributed by atoms with Gasteiger partial charge in [0.25, 0.3) is 5.56 Å². The van der Waals surface area contributed by atoms with Crippen molar-refractivity contribution in [1.82, 2.24) is 29.1 Å². The van der Waals surface area contributed by atoms with E-state index in [1.807, 2.05) is 4.98 Å². The monoisotopic (exact) mass is 881 g/mol. The Kier molecular flexibility index (Phi) is 11.3. The van der Waals surface area contributed by atoms with E-state index in [-0.39, 0.29) is 39.8 Å².